The summed E-state index contributed by atoms with van der Waals surface area (Å²) in [5.74, 6) is 0. The van der Waals surface area contributed by atoms with Crippen LogP contribution in [0.1, 0.15) is 44.9 Å². The molecule has 0 aromatic rings. The molecule has 0 aromatic heterocycles. The Kier molecular flexibility index (Phi) is 5.76. The van der Waals surface area contributed by atoms with E-state index in [0.29, 0.717) is 0 Å². The molecule has 0 spiro atoms. The number of rotatable bonds is 2. The topological polar surface area (TPSA) is 35.5 Å². The van der Waals surface area contributed by atoms with Gasteiger partial charge in [0.15, 0.2) is 6.07 Å². The van der Waals surface area contributed by atoms with E-state index < -0.39 is 6.16 Å². The molecule has 0 unspecified atom stereocenters. The Morgan fingerprint density at radius 2 is 1.71 bits per heavy atom. The van der Waals surface area contributed by atoms with E-state index in [1.807, 2.05) is 0 Å². The molecule has 0 radical (unpaired) electrons. The second kappa shape index (κ2) is 6.93. The predicted molar refractivity (Wildman–Crippen MR) is 54.4 cm³/mol. The third-order valence-electron chi connectivity index (χ3n) is 2.49. The van der Waals surface area contributed by atoms with Crippen molar-refractivity contribution in [2.45, 2.75) is 51.0 Å². The van der Waals surface area contributed by atoms with Crippen molar-refractivity contribution in [1.82, 2.24) is 0 Å². The van der Waals surface area contributed by atoms with Crippen LogP contribution >= 0.6 is 11.6 Å². The van der Waals surface area contributed by atoms with Crippen LogP contribution in [-0.2, 0) is 9.47 Å². The van der Waals surface area contributed by atoms with Gasteiger partial charge < -0.3 is 9.47 Å². The molecule has 3 nitrogen and oxygen atoms in total. The highest BCUT2D eigenvalue weighted by atomic mass is 35.5. The highest BCUT2D eigenvalue weighted by molar-refractivity contribution is 6.17. The zero-order chi connectivity index (χ0) is 10.2. The zero-order valence-electron chi connectivity index (χ0n) is 8.34. The van der Waals surface area contributed by atoms with Crippen molar-refractivity contribution in [1.29, 1.82) is 0 Å². The van der Waals surface area contributed by atoms with Gasteiger partial charge >= 0.3 is 6.16 Å². The molecular weight excluding hydrogens is 204 g/mol. The third-order valence-corrected chi connectivity index (χ3v) is 2.60. The molecule has 0 heterocycles. The number of ether oxygens (including phenoxy) is 2. The maximum Gasteiger partial charge on any atom is 0.509 e. The minimum atomic E-state index is -0.634. The number of halogens is 1. The molecule has 0 atom stereocenters. The molecule has 0 aromatic carbocycles. The van der Waals surface area contributed by atoms with Gasteiger partial charge in [0.25, 0.3) is 0 Å². The monoisotopic (exact) mass is 220 g/mol. The molecule has 0 bridgehead atoms. The quantitative estimate of drug-likeness (QED) is 0.528. The standard InChI is InChI=1S/C10H17ClO3/c11-8-13-10(12)14-9-6-4-2-1-3-5-7-9/h9H,1-8H2. The Morgan fingerprint density at radius 1 is 1.14 bits per heavy atom. The van der Waals surface area contributed by atoms with E-state index in [9.17, 15) is 4.79 Å². The number of carbonyl (C=O) groups is 1. The molecule has 1 rings (SSSR count). The first-order chi connectivity index (χ1) is 6.83. The van der Waals surface area contributed by atoms with Crippen molar-refractivity contribution in [3.05, 3.63) is 0 Å². The lowest BCUT2D eigenvalue weighted by molar-refractivity contribution is 0.0237. The molecule has 0 N–H and O–H groups in total. The summed E-state index contributed by atoms with van der Waals surface area (Å²) in [7, 11) is 0. The summed E-state index contributed by atoms with van der Waals surface area (Å²) < 4.78 is 9.64. The highest BCUT2D eigenvalue weighted by Crippen LogP contribution is 2.19. The van der Waals surface area contributed by atoms with Gasteiger partial charge in [-0.05, 0) is 25.7 Å². The molecule has 1 fully saturated rings. The molecule has 0 aliphatic heterocycles. The predicted octanol–water partition coefficient (Wildman–Crippen LogP) is 3.45. The van der Waals surface area contributed by atoms with Crippen molar-refractivity contribution in [3.8, 4) is 0 Å². The van der Waals surface area contributed by atoms with Crippen LogP contribution in [0.5, 0.6) is 0 Å². The average molecular weight is 221 g/mol. The number of hydrogen-bond acceptors (Lipinski definition) is 3. The molecule has 1 aliphatic rings. The Hall–Kier alpha value is -0.440. The lowest BCUT2D eigenvalue weighted by Gasteiger charge is -2.19. The van der Waals surface area contributed by atoms with E-state index in [0.717, 1.165) is 25.7 Å². The Labute approximate surface area is 89.7 Å². The molecule has 1 saturated carbocycles. The maximum absolute atomic E-state index is 11.0. The minimum absolute atomic E-state index is 0.0333. The lowest BCUT2D eigenvalue weighted by Crippen LogP contribution is -2.19. The maximum atomic E-state index is 11.0. The van der Waals surface area contributed by atoms with E-state index in [4.69, 9.17) is 16.3 Å². The number of hydrogen-bond donors (Lipinski definition) is 0. The van der Waals surface area contributed by atoms with E-state index in [2.05, 4.69) is 4.74 Å². The second-order valence-electron chi connectivity index (χ2n) is 3.59. The van der Waals surface area contributed by atoms with Crippen molar-refractivity contribution < 1.29 is 14.3 Å². The normalized spacial score (nSPS) is 19.5. The van der Waals surface area contributed by atoms with Crippen molar-refractivity contribution in [2.24, 2.45) is 0 Å². The molecule has 0 saturated heterocycles. The van der Waals surface area contributed by atoms with Gasteiger partial charge in [-0.3, -0.25) is 0 Å². The minimum Gasteiger partial charge on any atom is -0.431 e. The van der Waals surface area contributed by atoms with Gasteiger partial charge in [-0.25, -0.2) is 4.79 Å². The summed E-state index contributed by atoms with van der Waals surface area (Å²) in [4.78, 5) is 11.0. The van der Waals surface area contributed by atoms with Gasteiger partial charge in [-0.1, -0.05) is 30.9 Å². The van der Waals surface area contributed by atoms with Gasteiger partial charge in [0.05, 0.1) is 0 Å². The van der Waals surface area contributed by atoms with E-state index in [-0.39, 0.29) is 12.2 Å². The Bertz CT molecular complexity index is 165. The van der Waals surface area contributed by atoms with Crippen LogP contribution in [-0.4, -0.2) is 18.3 Å². The van der Waals surface area contributed by atoms with Crippen LogP contribution in [0.4, 0.5) is 4.79 Å². The molecule has 0 amide bonds. The first-order valence-electron chi connectivity index (χ1n) is 5.22. The SMILES string of the molecule is O=C(OCCl)OC1CCCCCCC1. The van der Waals surface area contributed by atoms with Crippen LogP contribution in [0, 0.1) is 0 Å². The van der Waals surface area contributed by atoms with E-state index in [1.54, 1.807) is 0 Å². The summed E-state index contributed by atoms with van der Waals surface area (Å²) >= 11 is 5.25. The van der Waals surface area contributed by atoms with Gasteiger partial charge in [0.1, 0.15) is 6.10 Å². The summed E-state index contributed by atoms with van der Waals surface area (Å²) in [5.41, 5.74) is 0. The van der Waals surface area contributed by atoms with Gasteiger partial charge in [-0.2, -0.15) is 0 Å². The highest BCUT2D eigenvalue weighted by Gasteiger charge is 2.16. The van der Waals surface area contributed by atoms with E-state index >= 15 is 0 Å². The van der Waals surface area contributed by atoms with Crippen LogP contribution in [0.15, 0.2) is 0 Å². The summed E-state index contributed by atoms with van der Waals surface area (Å²) in [6.45, 7) is 0. The van der Waals surface area contributed by atoms with Gasteiger partial charge in [0, 0.05) is 0 Å². The third kappa shape index (κ3) is 4.70. The molecule has 82 valence electrons. The Morgan fingerprint density at radius 3 is 2.29 bits per heavy atom. The smallest absolute Gasteiger partial charge is 0.431 e. The zero-order valence-corrected chi connectivity index (χ0v) is 9.09. The molecular formula is C10H17ClO3. The van der Waals surface area contributed by atoms with Crippen molar-refractivity contribution in [2.75, 3.05) is 6.07 Å². The summed E-state index contributed by atoms with van der Waals surface area (Å²) in [6, 6.07) is -0.133. The second-order valence-corrected chi connectivity index (χ2v) is 3.81. The van der Waals surface area contributed by atoms with Crippen LogP contribution < -0.4 is 0 Å². The Balaban J connectivity index is 2.22. The lowest BCUT2D eigenvalue weighted by atomic mass is 9.99. The van der Waals surface area contributed by atoms with E-state index in [1.165, 1.54) is 19.3 Å². The fourth-order valence-corrected chi connectivity index (χ4v) is 1.84. The number of alkyl halides is 1. The first-order valence-corrected chi connectivity index (χ1v) is 5.76. The van der Waals surface area contributed by atoms with Crippen LogP contribution in [0.3, 0.4) is 0 Å². The average Bonchev–Trinajstić information content (AvgIpc) is 2.10. The largest absolute Gasteiger partial charge is 0.509 e. The fourth-order valence-electron chi connectivity index (χ4n) is 1.75. The van der Waals surface area contributed by atoms with Crippen molar-refractivity contribution in [3.63, 3.8) is 0 Å². The number of carbonyl (C=O) groups excluding carboxylic acids is 1. The molecule has 14 heavy (non-hydrogen) atoms. The summed E-state index contributed by atoms with van der Waals surface area (Å²) in [6.07, 6.45) is 7.37. The van der Waals surface area contributed by atoms with Crippen LogP contribution in [0.2, 0.25) is 0 Å². The summed E-state index contributed by atoms with van der Waals surface area (Å²) in [5, 5.41) is 0. The first kappa shape index (κ1) is 11.6. The van der Waals surface area contributed by atoms with Gasteiger partial charge in [-0.15, -0.1) is 0 Å². The van der Waals surface area contributed by atoms with Crippen molar-refractivity contribution >= 4 is 17.8 Å². The van der Waals surface area contributed by atoms with Gasteiger partial charge in [0.2, 0.25) is 0 Å². The molecule has 4 heteroatoms. The molecule has 1 aliphatic carbocycles. The fraction of sp³-hybridized carbons (Fsp3) is 0.900. The van der Waals surface area contributed by atoms with Crippen LogP contribution in [0.25, 0.3) is 0 Å².